The van der Waals surface area contributed by atoms with Gasteiger partial charge in [0, 0.05) is 18.4 Å². The van der Waals surface area contributed by atoms with Crippen LogP contribution in [0.1, 0.15) is 42.9 Å². The second kappa shape index (κ2) is 4.64. The highest BCUT2D eigenvalue weighted by molar-refractivity contribution is 5.29. The van der Waals surface area contributed by atoms with Gasteiger partial charge >= 0.3 is 6.18 Å². The molecule has 94 valence electrons. The first-order valence-electron chi connectivity index (χ1n) is 5.75. The Hall–Kier alpha value is -1.10. The molecule has 2 rings (SSSR count). The fraction of sp³-hybridized carbons (Fsp3) is 0.583. The Morgan fingerprint density at radius 2 is 2.12 bits per heavy atom. The predicted octanol–water partition coefficient (Wildman–Crippen LogP) is 3.29. The number of halogens is 3. The zero-order valence-electron chi connectivity index (χ0n) is 9.37. The summed E-state index contributed by atoms with van der Waals surface area (Å²) in [6, 6.07) is 0.432. The van der Waals surface area contributed by atoms with Crippen LogP contribution in [0.4, 0.5) is 13.2 Å². The highest BCUT2D eigenvalue weighted by Gasteiger charge is 2.35. The summed E-state index contributed by atoms with van der Waals surface area (Å²) in [5, 5.41) is 0. The van der Waals surface area contributed by atoms with Crippen molar-refractivity contribution in [1.82, 2.24) is 4.98 Å². The fourth-order valence-electron chi connectivity index (χ4n) is 2.17. The van der Waals surface area contributed by atoms with Crippen LogP contribution >= 0.6 is 0 Å². The number of nitrogens with zero attached hydrogens (tertiary/aromatic N) is 1. The van der Waals surface area contributed by atoms with Crippen molar-refractivity contribution < 1.29 is 13.2 Å². The molecule has 1 saturated carbocycles. The zero-order chi connectivity index (χ0) is 12.5. The van der Waals surface area contributed by atoms with Gasteiger partial charge in [0.05, 0.1) is 5.56 Å². The van der Waals surface area contributed by atoms with Crippen molar-refractivity contribution >= 4 is 0 Å². The van der Waals surface area contributed by atoms with Crippen molar-refractivity contribution in [1.29, 1.82) is 0 Å². The largest absolute Gasteiger partial charge is 0.416 e. The minimum atomic E-state index is -4.35. The van der Waals surface area contributed by atoms with E-state index in [9.17, 15) is 13.2 Å². The molecule has 1 heterocycles. The third-order valence-electron chi connectivity index (χ3n) is 3.37. The second-order valence-corrected chi connectivity index (χ2v) is 4.60. The van der Waals surface area contributed by atoms with E-state index in [1.807, 2.05) is 0 Å². The summed E-state index contributed by atoms with van der Waals surface area (Å²) in [7, 11) is 0. The van der Waals surface area contributed by atoms with Gasteiger partial charge < -0.3 is 5.73 Å². The molecule has 0 radical (unpaired) electrons. The number of hydrogen-bond acceptors (Lipinski definition) is 2. The quantitative estimate of drug-likeness (QED) is 0.886. The summed E-state index contributed by atoms with van der Waals surface area (Å²) in [5.41, 5.74) is 5.33. The number of pyridine rings is 1. The maximum atomic E-state index is 12.8. The van der Waals surface area contributed by atoms with Gasteiger partial charge in [-0.1, -0.05) is 19.3 Å². The van der Waals surface area contributed by atoms with Gasteiger partial charge in [-0.25, -0.2) is 0 Å². The van der Waals surface area contributed by atoms with Gasteiger partial charge in [0.2, 0.25) is 0 Å². The lowest BCUT2D eigenvalue weighted by Gasteiger charge is -2.29. The zero-order valence-corrected chi connectivity index (χ0v) is 9.37. The fourth-order valence-corrected chi connectivity index (χ4v) is 2.17. The van der Waals surface area contributed by atoms with Gasteiger partial charge in [-0.05, 0) is 24.0 Å². The molecule has 1 aliphatic rings. The Morgan fingerprint density at radius 1 is 1.41 bits per heavy atom. The van der Waals surface area contributed by atoms with Gasteiger partial charge in [0.25, 0.3) is 0 Å². The van der Waals surface area contributed by atoms with Crippen LogP contribution in [-0.4, -0.2) is 4.98 Å². The normalized spacial score (nSPS) is 18.8. The first-order chi connectivity index (χ1) is 7.98. The number of aromatic nitrogens is 1. The van der Waals surface area contributed by atoms with Gasteiger partial charge in [-0.3, -0.25) is 4.98 Å². The number of rotatable bonds is 3. The summed E-state index contributed by atoms with van der Waals surface area (Å²) in [6.45, 7) is 0. The Kier molecular flexibility index (Phi) is 3.38. The van der Waals surface area contributed by atoms with Crippen LogP contribution in [-0.2, 0) is 6.18 Å². The van der Waals surface area contributed by atoms with Crippen molar-refractivity contribution in [2.45, 2.75) is 37.9 Å². The monoisotopic (exact) mass is 244 g/mol. The minimum absolute atomic E-state index is 0.118. The van der Waals surface area contributed by atoms with E-state index in [-0.39, 0.29) is 5.56 Å². The summed E-state index contributed by atoms with van der Waals surface area (Å²) >= 11 is 0. The lowest BCUT2D eigenvalue weighted by atomic mass is 9.79. The molecule has 0 amide bonds. The molecule has 1 aromatic heterocycles. The lowest BCUT2D eigenvalue weighted by Crippen LogP contribution is -2.23. The molecule has 1 atom stereocenters. The standard InChI is InChI=1S/C12H15F3N2/c13-12(14,15)10-4-5-17-7-9(10)11(16)6-8-2-1-3-8/h4-5,7-8,11H,1-3,6,16H2. The molecule has 0 aliphatic heterocycles. The average Bonchev–Trinajstić information content (AvgIpc) is 2.22. The number of alkyl halides is 3. The van der Waals surface area contributed by atoms with Crippen LogP contribution in [0.25, 0.3) is 0 Å². The van der Waals surface area contributed by atoms with Crippen LogP contribution in [0.5, 0.6) is 0 Å². The Labute approximate surface area is 98.0 Å². The van der Waals surface area contributed by atoms with Crippen LogP contribution in [0.15, 0.2) is 18.5 Å². The van der Waals surface area contributed by atoms with Crippen LogP contribution in [0.3, 0.4) is 0 Å². The molecule has 1 unspecified atom stereocenters. The highest BCUT2D eigenvalue weighted by Crippen LogP contribution is 2.38. The molecule has 1 fully saturated rings. The van der Waals surface area contributed by atoms with E-state index in [4.69, 9.17) is 5.73 Å². The van der Waals surface area contributed by atoms with Gasteiger partial charge in [0.1, 0.15) is 0 Å². The van der Waals surface area contributed by atoms with E-state index in [2.05, 4.69) is 4.98 Å². The molecule has 0 aromatic carbocycles. The maximum absolute atomic E-state index is 12.8. The van der Waals surface area contributed by atoms with E-state index in [1.54, 1.807) is 0 Å². The van der Waals surface area contributed by atoms with E-state index in [1.165, 1.54) is 6.20 Å². The molecule has 17 heavy (non-hydrogen) atoms. The van der Waals surface area contributed by atoms with E-state index in [0.29, 0.717) is 12.3 Å². The maximum Gasteiger partial charge on any atom is 0.416 e. The molecule has 0 spiro atoms. The molecule has 0 saturated heterocycles. The van der Waals surface area contributed by atoms with E-state index < -0.39 is 17.8 Å². The molecule has 1 aliphatic carbocycles. The molecule has 2 N–H and O–H groups in total. The van der Waals surface area contributed by atoms with Crippen molar-refractivity contribution in [3.8, 4) is 0 Å². The third-order valence-corrected chi connectivity index (χ3v) is 3.37. The Bertz CT molecular complexity index is 386. The van der Waals surface area contributed by atoms with Gasteiger partial charge in [0.15, 0.2) is 0 Å². The smallest absolute Gasteiger partial charge is 0.324 e. The van der Waals surface area contributed by atoms with Crippen molar-refractivity contribution in [3.63, 3.8) is 0 Å². The minimum Gasteiger partial charge on any atom is -0.324 e. The predicted molar refractivity (Wildman–Crippen MR) is 58.1 cm³/mol. The topological polar surface area (TPSA) is 38.9 Å². The average molecular weight is 244 g/mol. The summed E-state index contributed by atoms with van der Waals surface area (Å²) in [6.07, 6.45) is 1.99. The molecule has 5 heteroatoms. The highest BCUT2D eigenvalue weighted by atomic mass is 19.4. The summed E-state index contributed by atoms with van der Waals surface area (Å²) in [5.74, 6) is 0.478. The molecule has 1 aromatic rings. The first kappa shape index (κ1) is 12.4. The van der Waals surface area contributed by atoms with Crippen LogP contribution < -0.4 is 5.73 Å². The Balaban J connectivity index is 2.18. The van der Waals surface area contributed by atoms with Crippen molar-refractivity contribution in [2.75, 3.05) is 0 Å². The molecular formula is C12H15F3N2. The number of hydrogen-bond donors (Lipinski definition) is 1. The molecular weight excluding hydrogens is 229 g/mol. The molecule has 2 nitrogen and oxygen atoms in total. The van der Waals surface area contributed by atoms with Crippen molar-refractivity contribution in [2.24, 2.45) is 11.7 Å². The van der Waals surface area contributed by atoms with Crippen LogP contribution in [0, 0.1) is 5.92 Å². The second-order valence-electron chi connectivity index (χ2n) is 4.60. The Morgan fingerprint density at radius 3 is 2.65 bits per heavy atom. The van der Waals surface area contributed by atoms with E-state index in [0.717, 1.165) is 31.5 Å². The SMILES string of the molecule is NC(CC1CCC1)c1cnccc1C(F)(F)F. The van der Waals surface area contributed by atoms with Gasteiger partial charge in [-0.15, -0.1) is 0 Å². The summed E-state index contributed by atoms with van der Waals surface area (Å²) in [4.78, 5) is 3.75. The lowest BCUT2D eigenvalue weighted by molar-refractivity contribution is -0.138. The van der Waals surface area contributed by atoms with E-state index >= 15 is 0 Å². The summed E-state index contributed by atoms with van der Waals surface area (Å²) < 4.78 is 38.3. The van der Waals surface area contributed by atoms with Crippen LogP contribution in [0.2, 0.25) is 0 Å². The van der Waals surface area contributed by atoms with Gasteiger partial charge in [-0.2, -0.15) is 13.2 Å². The van der Waals surface area contributed by atoms with Crippen molar-refractivity contribution in [3.05, 3.63) is 29.6 Å². The third kappa shape index (κ3) is 2.77. The number of nitrogens with two attached hydrogens (primary N) is 1. The first-order valence-corrected chi connectivity index (χ1v) is 5.75. The molecule has 0 bridgehead atoms.